The second-order valence-corrected chi connectivity index (χ2v) is 6.44. The minimum Gasteiger partial charge on any atom is -0.322 e. The molecule has 27 heavy (non-hydrogen) atoms. The molecule has 3 rings (SSSR count). The van der Waals surface area contributed by atoms with Crippen molar-refractivity contribution in [1.29, 1.82) is 0 Å². The zero-order valence-corrected chi connectivity index (χ0v) is 15.7. The summed E-state index contributed by atoms with van der Waals surface area (Å²) in [4.78, 5) is 30.9. The molecule has 0 spiro atoms. The van der Waals surface area contributed by atoms with Crippen molar-refractivity contribution in [1.82, 2.24) is 4.98 Å². The van der Waals surface area contributed by atoms with Crippen LogP contribution in [0, 0.1) is 6.92 Å². The highest BCUT2D eigenvalue weighted by atomic mass is 35.5. The van der Waals surface area contributed by atoms with Gasteiger partial charge in [0.15, 0.2) is 0 Å². The van der Waals surface area contributed by atoms with Crippen molar-refractivity contribution in [2.45, 2.75) is 6.92 Å². The van der Waals surface area contributed by atoms with E-state index >= 15 is 0 Å². The first-order valence-corrected chi connectivity index (χ1v) is 8.70. The second-order valence-electron chi connectivity index (χ2n) is 6.03. The Bertz CT molecular complexity index is 990. The van der Waals surface area contributed by atoms with Crippen molar-refractivity contribution in [2.75, 3.05) is 17.3 Å². The summed E-state index contributed by atoms with van der Waals surface area (Å²) in [5.41, 5.74) is 2.77. The van der Waals surface area contributed by atoms with Gasteiger partial charge in [0, 0.05) is 35.8 Å². The fourth-order valence-corrected chi connectivity index (χ4v) is 2.76. The van der Waals surface area contributed by atoms with E-state index in [-0.39, 0.29) is 11.8 Å². The van der Waals surface area contributed by atoms with Gasteiger partial charge in [0.2, 0.25) is 0 Å². The molecular weight excluding hydrogens is 362 g/mol. The maximum Gasteiger partial charge on any atom is 0.259 e. The summed E-state index contributed by atoms with van der Waals surface area (Å²) in [5, 5.41) is 3.37. The fraction of sp³-hybridized carbons (Fsp3) is 0.0952. The number of rotatable bonds is 4. The number of amides is 2. The Morgan fingerprint density at radius 2 is 1.70 bits per heavy atom. The van der Waals surface area contributed by atoms with Crippen molar-refractivity contribution < 1.29 is 9.59 Å². The quantitative estimate of drug-likeness (QED) is 0.722. The van der Waals surface area contributed by atoms with E-state index in [0.29, 0.717) is 21.8 Å². The smallest absolute Gasteiger partial charge is 0.259 e. The van der Waals surface area contributed by atoms with Crippen molar-refractivity contribution in [3.8, 4) is 0 Å². The molecule has 6 heteroatoms. The number of nitrogens with zero attached hydrogens (tertiary/aromatic N) is 2. The minimum absolute atomic E-state index is 0.248. The lowest BCUT2D eigenvalue weighted by molar-refractivity contribution is 0.0992. The van der Waals surface area contributed by atoms with Gasteiger partial charge in [0.25, 0.3) is 11.8 Å². The number of benzene rings is 2. The molecule has 0 unspecified atom stereocenters. The van der Waals surface area contributed by atoms with E-state index in [9.17, 15) is 9.59 Å². The van der Waals surface area contributed by atoms with Crippen molar-refractivity contribution in [3.63, 3.8) is 0 Å². The van der Waals surface area contributed by atoms with Gasteiger partial charge >= 0.3 is 0 Å². The van der Waals surface area contributed by atoms with E-state index in [0.717, 1.165) is 11.3 Å². The van der Waals surface area contributed by atoms with E-state index in [2.05, 4.69) is 10.3 Å². The van der Waals surface area contributed by atoms with E-state index in [1.165, 1.54) is 23.4 Å². The number of hydrogen-bond acceptors (Lipinski definition) is 3. The molecule has 5 nitrogen and oxygen atoms in total. The van der Waals surface area contributed by atoms with Crippen LogP contribution in [0.25, 0.3) is 0 Å². The van der Waals surface area contributed by atoms with Crippen molar-refractivity contribution in [3.05, 3.63) is 88.7 Å². The Morgan fingerprint density at radius 1 is 1.00 bits per heavy atom. The first-order chi connectivity index (χ1) is 13.0. The van der Waals surface area contributed by atoms with Crippen LogP contribution in [0.2, 0.25) is 5.02 Å². The van der Waals surface area contributed by atoms with Gasteiger partial charge < -0.3 is 10.2 Å². The predicted octanol–water partition coefficient (Wildman–Crippen LogP) is 4.57. The van der Waals surface area contributed by atoms with Crippen LogP contribution < -0.4 is 10.2 Å². The highest BCUT2D eigenvalue weighted by molar-refractivity contribution is 6.31. The Kier molecular flexibility index (Phi) is 5.52. The molecule has 1 heterocycles. The van der Waals surface area contributed by atoms with Gasteiger partial charge in [0.1, 0.15) is 0 Å². The molecule has 0 radical (unpaired) electrons. The number of carbonyl (C=O) groups excluding carboxylic acids is 2. The summed E-state index contributed by atoms with van der Waals surface area (Å²) in [6, 6.07) is 16.1. The molecule has 0 saturated carbocycles. The summed E-state index contributed by atoms with van der Waals surface area (Å²) in [7, 11) is 1.68. The van der Waals surface area contributed by atoms with Crippen LogP contribution in [-0.4, -0.2) is 23.8 Å². The number of hydrogen-bond donors (Lipinski definition) is 1. The molecule has 0 aliphatic carbocycles. The average Bonchev–Trinajstić information content (AvgIpc) is 2.71. The molecule has 2 aromatic carbocycles. The third-order valence-corrected chi connectivity index (χ3v) is 4.62. The molecule has 1 N–H and O–H groups in total. The van der Waals surface area contributed by atoms with E-state index in [4.69, 9.17) is 11.6 Å². The molecule has 1 aromatic heterocycles. The third-order valence-electron chi connectivity index (χ3n) is 4.21. The average molecular weight is 380 g/mol. The Hall–Kier alpha value is -3.18. The Balaban J connectivity index is 1.81. The first-order valence-electron chi connectivity index (χ1n) is 8.32. The Morgan fingerprint density at radius 3 is 2.44 bits per heavy atom. The SMILES string of the molecule is Cc1c(Cl)cccc1NC(=O)c1cncc(C(=O)N(C)c2ccccc2)c1. The molecular formula is C21H18ClN3O2. The molecule has 0 aliphatic heterocycles. The molecule has 136 valence electrons. The molecule has 0 fully saturated rings. The number of carbonyl (C=O) groups is 2. The topological polar surface area (TPSA) is 62.3 Å². The van der Waals surface area contributed by atoms with Crippen LogP contribution in [0.1, 0.15) is 26.3 Å². The third kappa shape index (κ3) is 4.15. The van der Waals surface area contributed by atoms with Crippen LogP contribution in [0.3, 0.4) is 0 Å². The van der Waals surface area contributed by atoms with Gasteiger partial charge in [-0.3, -0.25) is 14.6 Å². The Labute approximate surface area is 162 Å². The van der Waals surface area contributed by atoms with Crippen molar-refractivity contribution in [2.24, 2.45) is 0 Å². The second kappa shape index (κ2) is 8.01. The number of pyridine rings is 1. The van der Waals surface area contributed by atoms with Crippen LogP contribution in [0.5, 0.6) is 0 Å². The number of anilines is 2. The van der Waals surface area contributed by atoms with Crippen LogP contribution in [0.4, 0.5) is 11.4 Å². The van der Waals surface area contributed by atoms with Gasteiger partial charge in [-0.25, -0.2) is 0 Å². The lowest BCUT2D eigenvalue weighted by Gasteiger charge is -2.17. The summed E-state index contributed by atoms with van der Waals surface area (Å²) >= 11 is 6.09. The van der Waals surface area contributed by atoms with Crippen LogP contribution >= 0.6 is 11.6 Å². The van der Waals surface area contributed by atoms with Gasteiger partial charge in [-0.1, -0.05) is 35.9 Å². The summed E-state index contributed by atoms with van der Waals surface area (Å²) in [6.07, 6.45) is 2.87. The lowest BCUT2D eigenvalue weighted by atomic mass is 10.1. The standard InChI is InChI=1S/C21H18ClN3O2/c1-14-18(22)9-6-10-19(14)24-20(26)15-11-16(13-23-12-15)21(27)25(2)17-7-4-3-5-8-17/h3-13H,1-2H3,(H,24,26). The molecule has 0 aliphatic rings. The van der Waals surface area contributed by atoms with Crippen LogP contribution in [0.15, 0.2) is 67.0 Å². The lowest BCUT2D eigenvalue weighted by Crippen LogP contribution is -2.26. The van der Waals surface area contributed by atoms with E-state index in [1.807, 2.05) is 37.3 Å². The molecule has 0 bridgehead atoms. The number of aromatic nitrogens is 1. The zero-order valence-electron chi connectivity index (χ0n) is 14.9. The van der Waals surface area contributed by atoms with Crippen molar-refractivity contribution >= 4 is 34.8 Å². The molecule has 0 saturated heterocycles. The van der Waals surface area contributed by atoms with Gasteiger partial charge in [0.05, 0.1) is 11.1 Å². The van der Waals surface area contributed by atoms with E-state index in [1.54, 1.807) is 25.2 Å². The number of nitrogens with one attached hydrogen (secondary N) is 1. The van der Waals surface area contributed by atoms with Gasteiger partial charge in [-0.2, -0.15) is 0 Å². The summed E-state index contributed by atoms with van der Waals surface area (Å²) in [6.45, 7) is 1.82. The molecule has 3 aromatic rings. The maximum absolute atomic E-state index is 12.7. The highest BCUT2D eigenvalue weighted by Crippen LogP contribution is 2.23. The normalized spacial score (nSPS) is 10.3. The first kappa shape index (κ1) is 18.6. The van der Waals surface area contributed by atoms with Gasteiger partial charge in [-0.05, 0) is 42.8 Å². The molecule has 0 atom stereocenters. The molecule has 2 amide bonds. The fourth-order valence-electron chi connectivity index (χ4n) is 2.58. The monoisotopic (exact) mass is 379 g/mol. The summed E-state index contributed by atoms with van der Waals surface area (Å²) < 4.78 is 0. The maximum atomic E-state index is 12.7. The number of halogens is 1. The zero-order chi connectivity index (χ0) is 19.4. The van der Waals surface area contributed by atoms with E-state index < -0.39 is 0 Å². The van der Waals surface area contributed by atoms with Gasteiger partial charge in [-0.15, -0.1) is 0 Å². The predicted molar refractivity (Wildman–Crippen MR) is 108 cm³/mol. The largest absolute Gasteiger partial charge is 0.322 e. The van der Waals surface area contributed by atoms with Crippen LogP contribution in [-0.2, 0) is 0 Å². The summed E-state index contributed by atoms with van der Waals surface area (Å²) in [5.74, 6) is -0.604. The minimum atomic E-state index is -0.357. The highest BCUT2D eigenvalue weighted by Gasteiger charge is 2.16. The number of para-hydroxylation sites is 1.